The van der Waals surface area contributed by atoms with E-state index in [1.807, 2.05) is 12.1 Å². The molecule has 4 aromatic carbocycles. The van der Waals surface area contributed by atoms with Crippen LogP contribution in [0.4, 0.5) is 18.4 Å². The minimum atomic E-state index is -4.61. The van der Waals surface area contributed by atoms with Gasteiger partial charge in [0.05, 0.1) is 53.8 Å². The molecule has 12 nitrogen and oxygen atoms in total. The molecule has 0 aliphatic heterocycles. The number of alkyl carbamates (subject to hydrolysis) is 2. The molecule has 2 amide bonds. The lowest BCUT2D eigenvalue weighted by Gasteiger charge is -2.39. The van der Waals surface area contributed by atoms with Crippen molar-refractivity contribution in [1.29, 1.82) is 0 Å². The summed E-state index contributed by atoms with van der Waals surface area (Å²) >= 11 is 0. The van der Waals surface area contributed by atoms with E-state index < -0.39 is 66.6 Å². The fraction of sp³-hybridized carbons (Fsp3) is 0.469. The molecule has 0 aliphatic rings. The molecule has 0 saturated carbocycles. The molecule has 0 heterocycles. The number of nitrogens with one attached hydrogen (secondary N) is 2. The number of hydrogen-bond donors (Lipinski definition) is 2. The van der Waals surface area contributed by atoms with E-state index in [0.717, 1.165) is 11.1 Å². The standard InChI is InChI=1S/C17H17ClFNO4S.C17H18FNO5S.C15H34N/c18-25(22,23)12-15(10-14-8-4-5-9-16(14)19)20-17(21)24-11-13-6-2-1-3-7-13;18-16-9-5-4-8-14(16)10-15(12-25(21,22)23)19-17(20)24-11-13-6-2-1-3-7-13;1-5-9-13-16(12-8-4,14-10-6-2)15-11-7-3/h1-9,15H,10-12H2,(H,20,21);1-9,15H,10-12H2,(H,19,20)(H,21,22,23);5-15H2,1-4H3/q;;+1/p-1/t2*15-;/m11./s1. The van der Waals surface area contributed by atoms with Gasteiger partial charge in [-0.25, -0.2) is 35.2 Å². The third-order valence-corrected chi connectivity index (χ3v) is 12.4. The third kappa shape index (κ3) is 25.9. The second-order valence-corrected chi connectivity index (χ2v) is 20.4. The molecule has 4 rings (SSSR count). The highest BCUT2D eigenvalue weighted by atomic mass is 35.7. The Balaban J connectivity index is 0.000000350. The summed E-state index contributed by atoms with van der Waals surface area (Å²) in [4.78, 5) is 23.8. The van der Waals surface area contributed by atoms with Crippen molar-refractivity contribution in [2.75, 3.05) is 37.7 Å². The van der Waals surface area contributed by atoms with Crippen LogP contribution in [-0.2, 0) is 54.7 Å². The molecule has 0 radical (unpaired) electrons. The van der Waals surface area contributed by atoms with Crippen LogP contribution >= 0.6 is 10.7 Å². The van der Waals surface area contributed by atoms with Crippen molar-refractivity contribution >= 4 is 42.0 Å². The van der Waals surface area contributed by atoms with E-state index in [4.69, 9.17) is 20.2 Å². The van der Waals surface area contributed by atoms with E-state index >= 15 is 0 Å². The van der Waals surface area contributed by atoms with Crippen molar-refractivity contribution in [3.63, 3.8) is 0 Å². The zero-order valence-electron chi connectivity index (χ0n) is 38.6. The summed E-state index contributed by atoms with van der Waals surface area (Å²) in [5.41, 5.74) is 2.00. The molecule has 4 aromatic rings. The number of ether oxygens (including phenoxy) is 2. The predicted octanol–water partition coefficient (Wildman–Crippen LogP) is 10.1. The minimum Gasteiger partial charge on any atom is -0.748 e. The molecule has 0 fully saturated rings. The quantitative estimate of drug-likeness (QED) is 0.0373. The number of benzene rings is 4. The Labute approximate surface area is 396 Å². The molecule has 2 N–H and O–H groups in total. The highest BCUT2D eigenvalue weighted by Crippen LogP contribution is 2.17. The Kier molecular flexibility index (Phi) is 27.3. The average molecular weight is 981 g/mol. The van der Waals surface area contributed by atoms with Crippen molar-refractivity contribution in [3.8, 4) is 0 Å². The topological polar surface area (TPSA) is 168 Å². The van der Waals surface area contributed by atoms with Gasteiger partial charge in [0.2, 0.25) is 9.05 Å². The first kappa shape index (κ1) is 57.5. The Morgan fingerprint density at radius 1 is 0.576 bits per heavy atom. The predicted molar refractivity (Wildman–Crippen MR) is 256 cm³/mol. The van der Waals surface area contributed by atoms with E-state index in [0.29, 0.717) is 0 Å². The van der Waals surface area contributed by atoms with Gasteiger partial charge in [0.15, 0.2) is 0 Å². The van der Waals surface area contributed by atoms with E-state index in [2.05, 4.69) is 38.3 Å². The molecule has 0 spiro atoms. The Bertz CT molecular complexity index is 2050. The Hall–Kier alpha value is -4.61. The lowest BCUT2D eigenvalue weighted by molar-refractivity contribution is -0.928. The SMILES string of the molecule is CCCC[N+](CCC)(CCCC)CCCC.O=C(N[C@H](Cc1ccccc1F)CS(=O)(=O)Cl)OCc1ccccc1.O=C(N[C@H](Cc1ccccc1F)CS(=O)(=O)[O-])OCc1ccccc1. The van der Waals surface area contributed by atoms with Gasteiger partial charge in [0.1, 0.15) is 24.8 Å². The van der Waals surface area contributed by atoms with E-state index in [1.54, 1.807) is 60.7 Å². The zero-order chi connectivity index (χ0) is 48.9. The maximum atomic E-state index is 13.8. The van der Waals surface area contributed by atoms with Crippen molar-refractivity contribution in [3.05, 3.63) is 143 Å². The summed E-state index contributed by atoms with van der Waals surface area (Å²) in [6, 6.07) is 27.5. The van der Waals surface area contributed by atoms with Gasteiger partial charge < -0.3 is 29.1 Å². The molecule has 0 bridgehead atoms. The number of halogens is 3. The van der Waals surface area contributed by atoms with Crippen LogP contribution in [0.15, 0.2) is 109 Å². The molecule has 2 atom stereocenters. The smallest absolute Gasteiger partial charge is 0.407 e. The van der Waals surface area contributed by atoms with Gasteiger partial charge in [-0.1, -0.05) is 144 Å². The van der Waals surface area contributed by atoms with Gasteiger partial charge >= 0.3 is 12.2 Å². The number of amides is 2. The molecule has 0 unspecified atom stereocenters. The molecular formula is C49H68ClF2N3O9S2. The molecule has 66 heavy (non-hydrogen) atoms. The van der Waals surface area contributed by atoms with Crippen LogP contribution in [-0.4, -0.2) is 87.8 Å². The Morgan fingerprint density at radius 2 is 0.939 bits per heavy atom. The first-order chi connectivity index (χ1) is 31.4. The maximum Gasteiger partial charge on any atom is 0.407 e. The molecule has 366 valence electrons. The summed E-state index contributed by atoms with van der Waals surface area (Å²) in [5, 5.41) is 4.74. The number of rotatable bonds is 25. The normalized spacial score (nSPS) is 12.3. The van der Waals surface area contributed by atoms with Crippen LogP contribution in [0.1, 0.15) is 94.9 Å². The van der Waals surface area contributed by atoms with Crippen LogP contribution in [0, 0.1) is 11.6 Å². The first-order valence-electron chi connectivity index (χ1n) is 22.5. The van der Waals surface area contributed by atoms with Gasteiger partial charge in [-0.15, -0.1) is 0 Å². The number of unbranched alkanes of at least 4 members (excludes halogenated alkanes) is 3. The molecule has 0 aromatic heterocycles. The maximum absolute atomic E-state index is 13.8. The van der Waals surface area contributed by atoms with Crippen molar-refractivity contribution < 1.29 is 53.7 Å². The second-order valence-electron chi connectivity index (χ2n) is 16.1. The Morgan fingerprint density at radius 3 is 1.27 bits per heavy atom. The van der Waals surface area contributed by atoms with Crippen LogP contribution < -0.4 is 10.6 Å². The van der Waals surface area contributed by atoms with Gasteiger partial charge in [0.25, 0.3) is 0 Å². The lowest BCUT2D eigenvalue weighted by atomic mass is 10.1. The highest BCUT2D eigenvalue weighted by molar-refractivity contribution is 8.13. The van der Waals surface area contributed by atoms with Crippen molar-refractivity contribution in [1.82, 2.24) is 10.6 Å². The van der Waals surface area contributed by atoms with Crippen LogP contribution in [0.25, 0.3) is 0 Å². The van der Waals surface area contributed by atoms with E-state index in [1.165, 1.54) is 112 Å². The monoisotopic (exact) mass is 979 g/mol. The van der Waals surface area contributed by atoms with Crippen LogP contribution in [0.5, 0.6) is 0 Å². The van der Waals surface area contributed by atoms with Gasteiger partial charge in [-0.3, -0.25) is 0 Å². The summed E-state index contributed by atoms with van der Waals surface area (Å²) < 4.78 is 94.8. The number of quaternary nitrogens is 1. The highest BCUT2D eigenvalue weighted by Gasteiger charge is 2.25. The second kappa shape index (κ2) is 31.4. The lowest BCUT2D eigenvalue weighted by Crippen LogP contribution is -2.50. The first-order valence-corrected chi connectivity index (χ1v) is 26.6. The zero-order valence-corrected chi connectivity index (χ0v) is 41.0. The van der Waals surface area contributed by atoms with Gasteiger partial charge in [-0.05, 0) is 72.9 Å². The summed E-state index contributed by atoms with van der Waals surface area (Å²) in [5.74, 6) is -2.43. The van der Waals surface area contributed by atoms with Crippen LogP contribution in [0.2, 0.25) is 0 Å². The fourth-order valence-electron chi connectivity index (χ4n) is 7.14. The molecule has 17 heteroatoms. The third-order valence-electron chi connectivity index (χ3n) is 10.4. The van der Waals surface area contributed by atoms with Gasteiger partial charge in [-0.2, -0.15) is 0 Å². The van der Waals surface area contributed by atoms with E-state index in [9.17, 15) is 39.8 Å². The number of nitrogens with zero attached hydrogens (tertiary/aromatic N) is 1. The summed E-state index contributed by atoms with van der Waals surface area (Å²) in [6.45, 7) is 15.0. The molecule has 0 saturated heterocycles. The van der Waals surface area contributed by atoms with Crippen molar-refractivity contribution in [2.24, 2.45) is 0 Å². The summed E-state index contributed by atoms with van der Waals surface area (Å²) in [7, 11) is -3.22. The van der Waals surface area contributed by atoms with Crippen LogP contribution in [0.3, 0.4) is 0 Å². The number of carbonyl (C=O) groups is 2. The van der Waals surface area contributed by atoms with Crippen molar-refractivity contribution in [2.45, 2.75) is 111 Å². The van der Waals surface area contributed by atoms with Gasteiger partial charge in [0, 0.05) is 16.7 Å². The summed E-state index contributed by atoms with van der Waals surface area (Å²) in [6.07, 6.45) is 7.77. The minimum absolute atomic E-state index is 0.0107. The average Bonchev–Trinajstić information content (AvgIpc) is 3.27. The largest absolute Gasteiger partial charge is 0.748 e. The van der Waals surface area contributed by atoms with E-state index in [-0.39, 0.29) is 37.2 Å². The fourth-order valence-corrected chi connectivity index (χ4v) is 8.97. The number of carbonyl (C=O) groups excluding carboxylic acids is 2. The molecular weight excluding hydrogens is 912 g/mol. The molecule has 0 aliphatic carbocycles. The number of hydrogen-bond acceptors (Lipinski definition) is 9.